The van der Waals surface area contributed by atoms with Gasteiger partial charge >= 0.3 is 5.97 Å². The molecule has 0 aromatic carbocycles. The fourth-order valence-corrected chi connectivity index (χ4v) is 7.21. The van der Waals surface area contributed by atoms with E-state index in [2.05, 4.69) is 0 Å². The molecule has 0 aromatic rings. The number of aliphatic hydroxyl groups excluding tert-OH is 2. The molecule has 3 aliphatic carbocycles. The average molecular weight is 378 g/mol. The maximum atomic E-state index is 13.5. The van der Waals surface area contributed by atoms with Gasteiger partial charge in [0.05, 0.1) is 19.3 Å². The number of methoxy groups -OCH3 is 1. The third kappa shape index (κ3) is 2.14. The lowest BCUT2D eigenvalue weighted by Gasteiger charge is -2.68. The van der Waals surface area contributed by atoms with Crippen LogP contribution < -0.4 is 0 Å². The fourth-order valence-electron chi connectivity index (χ4n) is 7.21. The molecule has 150 valence electrons. The zero-order chi connectivity index (χ0) is 19.9. The number of Topliss-reactive ketones (excluding diaryl/α,β-unsaturated/α-hetero) is 1. The van der Waals surface area contributed by atoms with Gasteiger partial charge in [0.25, 0.3) is 0 Å². The van der Waals surface area contributed by atoms with E-state index < -0.39 is 29.0 Å². The second-order valence-corrected chi connectivity index (χ2v) is 9.52. The summed E-state index contributed by atoms with van der Waals surface area (Å²) >= 11 is 0. The Morgan fingerprint density at radius 3 is 2.44 bits per heavy atom. The predicted molar refractivity (Wildman–Crippen MR) is 96.2 cm³/mol. The zero-order valence-corrected chi connectivity index (χ0v) is 16.6. The molecule has 27 heavy (non-hydrogen) atoms. The number of rotatable bonds is 1. The van der Waals surface area contributed by atoms with E-state index >= 15 is 0 Å². The van der Waals surface area contributed by atoms with Crippen molar-refractivity contribution in [3.8, 4) is 0 Å². The van der Waals surface area contributed by atoms with Crippen molar-refractivity contribution < 1.29 is 29.3 Å². The van der Waals surface area contributed by atoms with Crippen LogP contribution in [0.3, 0.4) is 0 Å². The Kier molecular flexibility index (Phi) is 4.07. The fraction of sp³-hybridized carbons (Fsp3) is 0.810. The van der Waals surface area contributed by atoms with Gasteiger partial charge in [0.1, 0.15) is 6.10 Å². The van der Waals surface area contributed by atoms with Gasteiger partial charge in [-0.2, -0.15) is 0 Å². The molecule has 2 saturated carbocycles. The second kappa shape index (κ2) is 5.80. The molecule has 6 nitrogen and oxygen atoms in total. The molecule has 0 radical (unpaired) electrons. The van der Waals surface area contributed by atoms with Gasteiger partial charge in [-0.3, -0.25) is 9.59 Å². The summed E-state index contributed by atoms with van der Waals surface area (Å²) in [6.45, 7) is 7.87. The van der Waals surface area contributed by atoms with Crippen LogP contribution >= 0.6 is 0 Å². The lowest BCUT2D eigenvalue weighted by atomic mass is 9.38. The van der Waals surface area contributed by atoms with Crippen LogP contribution in [-0.4, -0.2) is 47.4 Å². The quantitative estimate of drug-likeness (QED) is 0.675. The minimum atomic E-state index is -1.05. The number of carbonyl (C=O) groups is 2. The molecule has 1 saturated heterocycles. The van der Waals surface area contributed by atoms with Crippen molar-refractivity contribution in [3.63, 3.8) is 0 Å². The maximum Gasteiger partial charge on any atom is 0.306 e. The molecule has 3 fully saturated rings. The van der Waals surface area contributed by atoms with Gasteiger partial charge in [-0.25, -0.2) is 0 Å². The standard InChI is InChI=1S/C21H30O6/c1-9-6-13(26-5)19(25)21(4)11(9)7-14-20(3)12(8-15(22)27-14)10(2)16(23)17(24)18(20)21/h6,9-12,14,16-18,23-24H,7-8H2,1-5H3/t9-,10-,11+,12+,14-,16+,17-,18+,20-,21+/m1/s1. The van der Waals surface area contributed by atoms with Crippen molar-refractivity contribution in [1.29, 1.82) is 0 Å². The topological polar surface area (TPSA) is 93.1 Å². The molecule has 4 rings (SSSR count). The van der Waals surface area contributed by atoms with E-state index in [1.165, 1.54) is 7.11 Å². The molecule has 0 unspecified atom stereocenters. The average Bonchev–Trinajstić information content (AvgIpc) is 2.61. The SMILES string of the molecule is COC1=C[C@@H](C)[C@@H]2C[C@H]3OC(=O)C[C@H]4[C@@H](C)[C@H](O)[C@@H](O)[C@H]([C@@]2(C)C1=O)[C@@]34C. The Labute approximate surface area is 159 Å². The molecule has 1 heterocycles. The predicted octanol–water partition coefficient (Wildman–Crippen LogP) is 1.69. The van der Waals surface area contributed by atoms with Crippen LogP contribution in [0.5, 0.6) is 0 Å². The lowest BCUT2D eigenvalue weighted by molar-refractivity contribution is -0.277. The number of hydrogen-bond donors (Lipinski definition) is 2. The summed E-state index contributed by atoms with van der Waals surface area (Å²) in [4.78, 5) is 25.8. The molecule has 4 aliphatic rings. The van der Waals surface area contributed by atoms with Crippen molar-refractivity contribution in [1.82, 2.24) is 0 Å². The molecular weight excluding hydrogens is 348 g/mol. The van der Waals surface area contributed by atoms with E-state index in [1.807, 2.05) is 33.8 Å². The highest BCUT2D eigenvalue weighted by molar-refractivity contribution is 5.99. The van der Waals surface area contributed by atoms with Crippen molar-refractivity contribution >= 4 is 11.8 Å². The van der Waals surface area contributed by atoms with E-state index in [1.54, 1.807) is 0 Å². The van der Waals surface area contributed by atoms with Crippen LogP contribution in [0, 0.1) is 40.4 Å². The first-order chi connectivity index (χ1) is 12.6. The number of allylic oxidation sites excluding steroid dienone is 2. The van der Waals surface area contributed by atoms with E-state index in [9.17, 15) is 19.8 Å². The first-order valence-electron chi connectivity index (χ1n) is 9.94. The summed E-state index contributed by atoms with van der Waals surface area (Å²) in [5, 5.41) is 22.0. The monoisotopic (exact) mass is 378 g/mol. The summed E-state index contributed by atoms with van der Waals surface area (Å²) in [6.07, 6.45) is 0.251. The third-order valence-corrected chi connectivity index (χ3v) is 8.55. The minimum Gasteiger partial charge on any atom is -0.493 e. The Morgan fingerprint density at radius 1 is 1.15 bits per heavy atom. The first-order valence-corrected chi connectivity index (χ1v) is 9.94. The summed E-state index contributed by atoms with van der Waals surface area (Å²) in [5.74, 6) is -0.976. The highest BCUT2D eigenvalue weighted by Crippen LogP contribution is 2.68. The normalized spacial score (nSPS) is 54.4. The van der Waals surface area contributed by atoms with E-state index in [0.29, 0.717) is 12.2 Å². The Bertz CT molecular complexity index is 715. The van der Waals surface area contributed by atoms with Crippen molar-refractivity contribution in [3.05, 3.63) is 11.8 Å². The Hall–Kier alpha value is -1.40. The van der Waals surface area contributed by atoms with Crippen LogP contribution in [0.15, 0.2) is 11.8 Å². The Morgan fingerprint density at radius 2 is 1.81 bits per heavy atom. The maximum absolute atomic E-state index is 13.5. The molecule has 2 N–H and O–H groups in total. The molecule has 1 aliphatic heterocycles. The Balaban J connectivity index is 1.92. The molecule has 0 bridgehead atoms. The second-order valence-electron chi connectivity index (χ2n) is 9.52. The number of ketones is 1. The largest absolute Gasteiger partial charge is 0.493 e. The summed E-state index contributed by atoms with van der Waals surface area (Å²) in [6, 6.07) is 0. The van der Waals surface area contributed by atoms with Gasteiger partial charge in [-0.15, -0.1) is 0 Å². The molecular formula is C21H30O6. The number of ether oxygens (including phenoxy) is 2. The van der Waals surface area contributed by atoms with Crippen LogP contribution in [-0.2, 0) is 19.1 Å². The summed E-state index contributed by atoms with van der Waals surface area (Å²) in [7, 11) is 1.49. The lowest BCUT2D eigenvalue weighted by Crippen LogP contribution is -2.73. The van der Waals surface area contributed by atoms with Crippen LogP contribution in [0.2, 0.25) is 0 Å². The number of esters is 1. The zero-order valence-electron chi connectivity index (χ0n) is 16.6. The van der Waals surface area contributed by atoms with Crippen LogP contribution in [0.4, 0.5) is 0 Å². The highest BCUT2D eigenvalue weighted by atomic mass is 16.5. The van der Waals surface area contributed by atoms with Gasteiger partial charge < -0.3 is 19.7 Å². The highest BCUT2D eigenvalue weighted by Gasteiger charge is 2.72. The number of carbonyl (C=O) groups excluding carboxylic acids is 2. The summed E-state index contributed by atoms with van der Waals surface area (Å²) < 4.78 is 11.2. The summed E-state index contributed by atoms with van der Waals surface area (Å²) in [5.41, 5.74) is -1.45. The van der Waals surface area contributed by atoms with Crippen molar-refractivity contribution in [2.24, 2.45) is 40.4 Å². The van der Waals surface area contributed by atoms with Gasteiger partial charge in [0.15, 0.2) is 5.76 Å². The van der Waals surface area contributed by atoms with Gasteiger partial charge in [-0.05, 0) is 36.2 Å². The van der Waals surface area contributed by atoms with E-state index in [0.717, 1.165) is 0 Å². The molecule has 0 spiro atoms. The van der Waals surface area contributed by atoms with Crippen LogP contribution in [0.1, 0.15) is 40.5 Å². The van der Waals surface area contributed by atoms with Crippen LogP contribution in [0.25, 0.3) is 0 Å². The number of aliphatic hydroxyl groups is 2. The molecule has 10 atom stereocenters. The van der Waals surface area contributed by atoms with E-state index in [-0.39, 0.29) is 47.9 Å². The third-order valence-electron chi connectivity index (χ3n) is 8.55. The number of hydrogen-bond acceptors (Lipinski definition) is 6. The van der Waals surface area contributed by atoms with Gasteiger partial charge in [0.2, 0.25) is 5.78 Å². The van der Waals surface area contributed by atoms with E-state index in [4.69, 9.17) is 9.47 Å². The minimum absolute atomic E-state index is 0.0370. The molecule has 0 amide bonds. The molecule has 0 aromatic heterocycles. The smallest absolute Gasteiger partial charge is 0.306 e. The van der Waals surface area contributed by atoms with Gasteiger partial charge in [-0.1, -0.05) is 27.7 Å². The van der Waals surface area contributed by atoms with Crippen molar-refractivity contribution in [2.45, 2.75) is 58.8 Å². The van der Waals surface area contributed by atoms with Crippen molar-refractivity contribution in [2.75, 3.05) is 7.11 Å². The van der Waals surface area contributed by atoms with Gasteiger partial charge in [0, 0.05) is 23.2 Å². The number of fused-ring (bicyclic) bond motifs is 2. The molecule has 6 heteroatoms. The first kappa shape index (κ1) is 18.9.